The molecule has 1 atom stereocenters. The summed E-state index contributed by atoms with van der Waals surface area (Å²) in [5, 5.41) is 0.961. The number of ether oxygens (including phenoxy) is 2. The lowest BCUT2D eigenvalue weighted by molar-refractivity contribution is -0.115. The summed E-state index contributed by atoms with van der Waals surface area (Å²) >= 11 is 0. The number of hydrogen-bond acceptors (Lipinski definition) is 4. The van der Waals surface area contributed by atoms with E-state index in [-0.39, 0.29) is 11.7 Å². The molecule has 1 N–H and O–H groups in total. The topological polar surface area (TPSA) is 68.4 Å². The van der Waals surface area contributed by atoms with Crippen molar-refractivity contribution in [2.24, 2.45) is 0 Å². The highest BCUT2D eigenvalue weighted by molar-refractivity contribution is 5.79. The minimum atomic E-state index is -0.490. The largest absolute Gasteiger partial charge is 0.486 e. The van der Waals surface area contributed by atoms with Gasteiger partial charge in [-0.15, -0.1) is 0 Å². The predicted molar refractivity (Wildman–Crippen MR) is 108 cm³/mol. The fraction of sp³-hybridized carbons (Fsp3) is 0.304. The maximum Gasteiger partial charge on any atom is 0.248 e. The molecule has 0 aliphatic carbocycles. The number of rotatable bonds is 5. The van der Waals surface area contributed by atoms with Crippen LogP contribution in [0.5, 0.6) is 5.75 Å². The van der Waals surface area contributed by atoms with Gasteiger partial charge in [0, 0.05) is 24.8 Å². The van der Waals surface area contributed by atoms with E-state index in [0.717, 1.165) is 34.1 Å². The van der Waals surface area contributed by atoms with Crippen LogP contribution in [0.15, 0.2) is 59.4 Å². The molecule has 0 radical (unpaired) electrons. The van der Waals surface area contributed by atoms with Gasteiger partial charge in [0.05, 0.1) is 5.41 Å². The van der Waals surface area contributed by atoms with Crippen molar-refractivity contribution in [3.8, 4) is 5.75 Å². The lowest BCUT2D eigenvalue weighted by Crippen LogP contribution is -2.35. The van der Waals surface area contributed by atoms with Crippen molar-refractivity contribution in [2.75, 3.05) is 13.2 Å². The van der Waals surface area contributed by atoms with Gasteiger partial charge in [0.1, 0.15) is 18.1 Å². The summed E-state index contributed by atoms with van der Waals surface area (Å²) in [6, 6.07) is 17.0. The Morgan fingerprint density at radius 2 is 1.93 bits per heavy atom. The number of fused-ring (bicyclic) bond motifs is 1. The zero-order chi connectivity index (χ0) is 19.6. The molecule has 1 fully saturated rings. The maximum atomic E-state index is 11.9. The first-order valence-corrected chi connectivity index (χ1v) is 9.54. The number of H-pyrrole nitrogens is 1. The molecule has 5 nitrogen and oxygen atoms in total. The highest BCUT2D eigenvalue weighted by Gasteiger charge is 2.34. The van der Waals surface area contributed by atoms with Crippen LogP contribution >= 0.6 is 0 Å². The van der Waals surface area contributed by atoms with Gasteiger partial charge in [-0.3, -0.25) is 4.79 Å². The summed E-state index contributed by atoms with van der Waals surface area (Å²) in [5.74, 6) is 0.735. The van der Waals surface area contributed by atoms with Gasteiger partial charge in [0.25, 0.3) is 0 Å². The van der Waals surface area contributed by atoms with Crippen LogP contribution in [0.2, 0.25) is 0 Å². The van der Waals surface area contributed by atoms with Crippen LogP contribution in [0.3, 0.4) is 0 Å². The molecule has 1 aromatic heterocycles. The number of aromatic amines is 1. The molecule has 4 rings (SSSR count). The Morgan fingerprint density at radius 3 is 2.71 bits per heavy atom. The zero-order valence-electron chi connectivity index (χ0n) is 15.8. The first kappa shape index (κ1) is 18.4. The van der Waals surface area contributed by atoms with Gasteiger partial charge < -0.3 is 19.3 Å². The van der Waals surface area contributed by atoms with Crippen LogP contribution in [0.25, 0.3) is 10.9 Å². The molecule has 0 bridgehead atoms. The van der Waals surface area contributed by atoms with Gasteiger partial charge >= 0.3 is 0 Å². The fourth-order valence-electron chi connectivity index (χ4n) is 3.79. The maximum absolute atomic E-state index is 11.9. The monoisotopic (exact) mass is 377 g/mol. The summed E-state index contributed by atoms with van der Waals surface area (Å²) in [6.07, 6.45) is 2.27. The highest BCUT2D eigenvalue weighted by Crippen LogP contribution is 2.35. The molecule has 2 heterocycles. The van der Waals surface area contributed by atoms with E-state index in [4.69, 9.17) is 9.47 Å². The fourth-order valence-corrected chi connectivity index (χ4v) is 3.79. The van der Waals surface area contributed by atoms with E-state index in [2.05, 4.69) is 4.98 Å². The number of aldehydes is 1. The Bertz CT molecular complexity index is 1050. The van der Waals surface area contributed by atoms with Crippen LogP contribution in [0, 0.1) is 0 Å². The molecule has 5 heteroatoms. The second-order valence-corrected chi connectivity index (χ2v) is 7.34. The average molecular weight is 377 g/mol. The number of carbonyl (C=O) groups excluding carboxylic acids is 1. The molecule has 0 saturated carbocycles. The van der Waals surface area contributed by atoms with Gasteiger partial charge in [0.15, 0.2) is 0 Å². The lowest BCUT2D eigenvalue weighted by atomic mass is 9.75. The summed E-state index contributed by atoms with van der Waals surface area (Å²) in [5.41, 5.74) is 2.19. The van der Waals surface area contributed by atoms with Crippen molar-refractivity contribution in [1.29, 1.82) is 0 Å². The van der Waals surface area contributed by atoms with Crippen molar-refractivity contribution in [2.45, 2.75) is 31.3 Å². The van der Waals surface area contributed by atoms with Gasteiger partial charge in [-0.05, 0) is 66.6 Å². The Labute approximate surface area is 163 Å². The van der Waals surface area contributed by atoms with Gasteiger partial charge in [0.2, 0.25) is 5.56 Å². The van der Waals surface area contributed by atoms with E-state index in [0.29, 0.717) is 26.1 Å². The SMILES string of the molecule is CC(Oc1cccc(C2(C=O)CCOCC2)c1)c1ccc2[nH]c(=O)ccc2c1. The van der Waals surface area contributed by atoms with Crippen molar-refractivity contribution >= 4 is 17.2 Å². The smallest absolute Gasteiger partial charge is 0.248 e. The molecule has 1 aliphatic rings. The second kappa shape index (κ2) is 7.60. The second-order valence-electron chi connectivity index (χ2n) is 7.34. The number of aromatic nitrogens is 1. The number of carbonyl (C=O) groups is 1. The number of hydrogen-bond donors (Lipinski definition) is 1. The van der Waals surface area contributed by atoms with Crippen molar-refractivity contribution in [3.05, 3.63) is 76.1 Å². The van der Waals surface area contributed by atoms with Crippen molar-refractivity contribution in [1.82, 2.24) is 4.98 Å². The molecule has 1 aliphatic heterocycles. The van der Waals surface area contributed by atoms with E-state index in [9.17, 15) is 9.59 Å². The quantitative estimate of drug-likeness (QED) is 0.685. The van der Waals surface area contributed by atoms with Crippen LogP contribution in [-0.4, -0.2) is 24.5 Å². The molecule has 2 aromatic carbocycles. The van der Waals surface area contributed by atoms with Gasteiger partial charge in [-0.2, -0.15) is 0 Å². The minimum absolute atomic E-state index is 0.112. The standard InChI is InChI=1S/C23H23NO4/c1-16(17-5-7-21-18(13-17)6-8-22(26)24-21)28-20-4-2-3-19(14-20)23(15-25)9-11-27-12-10-23/h2-8,13-16H,9-12H2,1H3,(H,24,26). The molecule has 144 valence electrons. The van der Waals surface area contributed by atoms with Gasteiger partial charge in [-0.25, -0.2) is 0 Å². The minimum Gasteiger partial charge on any atom is -0.486 e. The van der Waals surface area contributed by atoms with E-state index >= 15 is 0 Å². The molecule has 0 amide bonds. The third kappa shape index (κ3) is 3.58. The normalized spacial score (nSPS) is 17.2. The van der Waals surface area contributed by atoms with E-state index < -0.39 is 5.41 Å². The summed E-state index contributed by atoms with van der Waals surface area (Å²) in [4.78, 5) is 26.1. The third-order valence-corrected chi connectivity index (χ3v) is 5.55. The van der Waals surface area contributed by atoms with Crippen molar-refractivity contribution < 1.29 is 14.3 Å². The Hall–Kier alpha value is -2.92. The Kier molecular flexibility index (Phi) is 5.01. The van der Waals surface area contributed by atoms with Crippen LogP contribution in [0.1, 0.15) is 37.0 Å². The molecule has 0 spiro atoms. The molecule has 1 saturated heterocycles. The average Bonchev–Trinajstić information content (AvgIpc) is 2.74. The summed E-state index contributed by atoms with van der Waals surface area (Å²) < 4.78 is 11.6. The van der Waals surface area contributed by atoms with Crippen LogP contribution in [0.4, 0.5) is 0 Å². The lowest BCUT2D eigenvalue weighted by Gasteiger charge is -2.32. The Morgan fingerprint density at radius 1 is 1.11 bits per heavy atom. The third-order valence-electron chi connectivity index (χ3n) is 5.55. The summed E-state index contributed by atoms with van der Waals surface area (Å²) in [7, 11) is 0. The van der Waals surface area contributed by atoms with E-state index in [1.807, 2.05) is 55.5 Å². The van der Waals surface area contributed by atoms with Crippen LogP contribution in [-0.2, 0) is 14.9 Å². The van der Waals surface area contributed by atoms with Crippen molar-refractivity contribution in [3.63, 3.8) is 0 Å². The first-order valence-electron chi connectivity index (χ1n) is 9.54. The predicted octanol–water partition coefficient (Wildman–Crippen LogP) is 3.92. The number of benzene rings is 2. The van der Waals surface area contributed by atoms with Gasteiger partial charge in [-0.1, -0.05) is 18.2 Å². The van der Waals surface area contributed by atoms with E-state index in [1.165, 1.54) is 6.07 Å². The molecular weight excluding hydrogens is 354 g/mol. The highest BCUT2D eigenvalue weighted by atomic mass is 16.5. The molecule has 28 heavy (non-hydrogen) atoms. The molecule has 1 unspecified atom stereocenters. The van der Waals surface area contributed by atoms with Crippen LogP contribution < -0.4 is 10.3 Å². The zero-order valence-corrected chi connectivity index (χ0v) is 15.8. The molecule has 3 aromatic rings. The van der Waals surface area contributed by atoms with E-state index in [1.54, 1.807) is 0 Å². The summed E-state index contributed by atoms with van der Waals surface area (Å²) in [6.45, 7) is 3.18. The number of nitrogens with one attached hydrogen (secondary N) is 1. The molecular formula is C23H23NO4. The Balaban J connectivity index is 1.58. The number of pyridine rings is 1. The first-order chi connectivity index (χ1) is 13.6.